The van der Waals surface area contributed by atoms with Crippen LogP contribution in [0, 0.1) is 0 Å². The second-order valence-corrected chi connectivity index (χ2v) is 7.38. The normalized spacial score (nSPS) is 14.8. The monoisotopic (exact) mass is 511 g/mol. The number of hydrogen-bond acceptors (Lipinski definition) is 5. The number of aliphatic hydroxyl groups excluding tert-OH is 1. The van der Waals surface area contributed by atoms with E-state index in [0.717, 1.165) is 32.8 Å². The predicted molar refractivity (Wildman–Crippen MR) is 124 cm³/mol. The van der Waals surface area contributed by atoms with E-state index >= 15 is 0 Å². The van der Waals surface area contributed by atoms with Gasteiger partial charge in [-0.15, -0.1) is 35.3 Å². The molecular weight excluding hydrogens is 489 g/mol. The Hall–Kier alpha value is -2.04. The van der Waals surface area contributed by atoms with E-state index in [2.05, 4.69) is 10.3 Å². The van der Waals surface area contributed by atoms with Gasteiger partial charge in [-0.2, -0.15) is 0 Å². The molecule has 0 spiro atoms. The lowest BCUT2D eigenvalue weighted by molar-refractivity contribution is 0.191. The molecule has 3 aromatic rings. The first kappa shape index (κ1) is 20.7. The molecule has 2 aromatic carbocycles. The average Bonchev–Trinajstić information content (AvgIpc) is 2.98. The third kappa shape index (κ3) is 4.86. The Balaban J connectivity index is 0.00000225. The van der Waals surface area contributed by atoms with Crippen molar-refractivity contribution in [2.24, 2.45) is 10.7 Å². The maximum atomic E-state index is 10.4. The van der Waals surface area contributed by atoms with Crippen LogP contribution in [0.4, 0.5) is 5.69 Å². The zero-order valence-corrected chi connectivity index (χ0v) is 18.3. The highest BCUT2D eigenvalue weighted by Crippen LogP contribution is 2.32. The number of rotatable bonds is 4. The van der Waals surface area contributed by atoms with Crippen molar-refractivity contribution < 1.29 is 14.6 Å². The maximum absolute atomic E-state index is 10.4. The third-order valence-electron chi connectivity index (χ3n) is 4.23. The van der Waals surface area contributed by atoms with Gasteiger partial charge in [0.05, 0.1) is 19.8 Å². The Morgan fingerprint density at radius 1 is 1.14 bits per heavy atom. The largest absolute Gasteiger partial charge is 0.490 e. The van der Waals surface area contributed by atoms with Crippen LogP contribution in [0.3, 0.4) is 0 Å². The topological polar surface area (TPSA) is 89.1 Å². The van der Waals surface area contributed by atoms with E-state index in [1.165, 1.54) is 0 Å². The van der Waals surface area contributed by atoms with Gasteiger partial charge in [0.15, 0.2) is 17.5 Å². The fourth-order valence-corrected chi connectivity index (χ4v) is 3.91. The van der Waals surface area contributed by atoms with Gasteiger partial charge in [-0.3, -0.25) is 4.99 Å². The number of thiophene rings is 1. The molecule has 0 aliphatic carbocycles. The minimum absolute atomic E-state index is 0. The average molecular weight is 511 g/mol. The van der Waals surface area contributed by atoms with E-state index in [1.54, 1.807) is 11.3 Å². The van der Waals surface area contributed by atoms with Crippen LogP contribution in [-0.4, -0.2) is 30.8 Å². The van der Waals surface area contributed by atoms with Crippen LogP contribution in [0.15, 0.2) is 53.5 Å². The fourth-order valence-electron chi connectivity index (χ4n) is 2.87. The van der Waals surface area contributed by atoms with Gasteiger partial charge in [0.25, 0.3) is 0 Å². The van der Waals surface area contributed by atoms with Crippen LogP contribution in [0.5, 0.6) is 11.5 Å². The molecular formula is C20H22IN3O3S. The Morgan fingerprint density at radius 3 is 2.75 bits per heavy atom. The second-order valence-electron chi connectivity index (χ2n) is 6.27. The van der Waals surface area contributed by atoms with Crippen LogP contribution in [-0.2, 0) is 0 Å². The van der Waals surface area contributed by atoms with Crippen LogP contribution < -0.4 is 20.5 Å². The van der Waals surface area contributed by atoms with Crippen molar-refractivity contribution in [3.8, 4) is 11.5 Å². The van der Waals surface area contributed by atoms with Gasteiger partial charge < -0.3 is 25.6 Å². The van der Waals surface area contributed by atoms with E-state index in [1.807, 2.05) is 48.5 Å². The first-order valence-corrected chi connectivity index (χ1v) is 9.64. The minimum Gasteiger partial charge on any atom is -0.490 e. The number of aliphatic imine (C=N–C) groups is 1. The van der Waals surface area contributed by atoms with Gasteiger partial charge in [-0.1, -0.05) is 18.2 Å². The smallest absolute Gasteiger partial charge is 0.193 e. The molecule has 1 atom stereocenters. The first-order valence-electron chi connectivity index (χ1n) is 8.82. The molecule has 2 heterocycles. The van der Waals surface area contributed by atoms with Crippen molar-refractivity contribution in [3.05, 3.63) is 53.4 Å². The lowest BCUT2D eigenvalue weighted by Gasteiger charge is -2.11. The molecule has 8 heteroatoms. The number of anilines is 1. The zero-order chi connectivity index (χ0) is 18.6. The summed E-state index contributed by atoms with van der Waals surface area (Å²) in [5.41, 5.74) is 6.73. The number of benzene rings is 2. The molecule has 0 fully saturated rings. The number of nitrogens with zero attached hydrogens (tertiary/aromatic N) is 1. The van der Waals surface area contributed by atoms with Crippen molar-refractivity contribution in [1.82, 2.24) is 0 Å². The fraction of sp³-hybridized carbons (Fsp3) is 0.250. The molecule has 1 aliphatic rings. The summed E-state index contributed by atoms with van der Waals surface area (Å²) in [7, 11) is 0. The van der Waals surface area contributed by atoms with Crippen LogP contribution in [0.2, 0.25) is 0 Å². The number of hydrogen-bond donors (Lipinski definition) is 3. The molecule has 6 nitrogen and oxygen atoms in total. The number of halogens is 1. The molecule has 1 aliphatic heterocycles. The van der Waals surface area contributed by atoms with E-state index in [0.29, 0.717) is 19.0 Å². The Kier molecular flexibility index (Phi) is 6.97. The Morgan fingerprint density at radius 2 is 1.93 bits per heavy atom. The number of ether oxygens (including phenoxy) is 2. The number of guanidine groups is 1. The summed E-state index contributed by atoms with van der Waals surface area (Å²) in [6.45, 7) is 1.47. The molecule has 0 saturated carbocycles. The molecule has 0 bridgehead atoms. The van der Waals surface area contributed by atoms with Crippen LogP contribution >= 0.6 is 35.3 Å². The molecule has 4 N–H and O–H groups in total. The van der Waals surface area contributed by atoms with Gasteiger partial charge in [-0.05, 0) is 29.7 Å². The van der Waals surface area contributed by atoms with Crippen LogP contribution in [0.25, 0.3) is 10.1 Å². The third-order valence-corrected chi connectivity index (χ3v) is 5.44. The van der Waals surface area contributed by atoms with E-state index < -0.39 is 6.10 Å². The van der Waals surface area contributed by atoms with Gasteiger partial charge in [0.2, 0.25) is 0 Å². The van der Waals surface area contributed by atoms with E-state index in [9.17, 15) is 5.11 Å². The summed E-state index contributed by atoms with van der Waals surface area (Å²) in [6.07, 6.45) is 0.169. The summed E-state index contributed by atoms with van der Waals surface area (Å²) < 4.78 is 12.4. The standard InChI is InChI=1S/C20H21N3O3S.HI/c21-20(23-14-6-7-16-17(11-14)26-9-3-8-25-16)22-12-15(24)19-10-13-4-1-2-5-18(13)27-19;/h1-2,4-7,10-11,15,24H,3,8-9,12H2,(H3,21,22,23);1H. The van der Waals surface area contributed by atoms with Gasteiger partial charge in [0, 0.05) is 27.8 Å². The minimum atomic E-state index is -0.688. The molecule has 4 rings (SSSR count). The lowest BCUT2D eigenvalue weighted by atomic mass is 10.2. The van der Waals surface area contributed by atoms with Gasteiger partial charge in [-0.25, -0.2) is 0 Å². The summed E-state index contributed by atoms with van der Waals surface area (Å²) >= 11 is 1.57. The van der Waals surface area contributed by atoms with Crippen LogP contribution in [0.1, 0.15) is 17.4 Å². The van der Waals surface area contributed by atoms with Crippen molar-refractivity contribution in [2.45, 2.75) is 12.5 Å². The van der Waals surface area contributed by atoms with Crippen molar-refractivity contribution in [1.29, 1.82) is 0 Å². The van der Waals surface area contributed by atoms with Gasteiger partial charge in [0.1, 0.15) is 6.10 Å². The summed E-state index contributed by atoms with van der Waals surface area (Å²) in [5.74, 6) is 1.66. The molecule has 148 valence electrons. The van der Waals surface area contributed by atoms with Crippen molar-refractivity contribution in [3.63, 3.8) is 0 Å². The Bertz CT molecular complexity index is 943. The summed E-state index contributed by atoms with van der Waals surface area (Å²) in [4.78, 5) is 5.14. The molecule has 1 aromatic heterocycles. The molecule has 0 amide bonds. The molecule has 0 radical (unpaired) electrons. The summed E-state index contributed by atoms with van der Waals surface area (Å²) in [5, 5.41) is 14.6. The number of fused-ring (bicyclic) bond motifs is 2. The second kappa shape index (κ2) is 9.44. The highest BCUT2D eigenvalue weighted by molar-refractivity contribution is 14.0. The molecule has 1 unspecified atom stereocenters. The predicted octanol–water partition coefficient (Wildman–Crippen LogP) is 4.14. The highest BCUT2D eigenvalue weighted by atomic mass is 127. The van der Waals surface area contributed by atoms with Crippen molar-refractivity contribution >= 4 is 57.0 Å². The zero-order valence-electron chi connectivity index (χ0n) is 15.1. The molecule has 28 heavy (non-hydrogen) atoms. The first-order chi connectivity index (χ1) is 13.2. The lowest BCUT2D eigenvalue weighted by Crippen LogP contribution is -2.23. The SMILES string of the molecule is I.NC(=NCC(O)c1cc2ccccc2s1)Nc1ccc2c(c1)OCCCO2. The number of nitrogens with one attached hydrogen (secondary N) is 1. The van der Waals surface area contributed by atoms with E-state index in [4.69, 9.17) is 15.2 Å². The Labute approximate surface area is 184 Å². The highest BCUT2D eigenvalue weighted by Gasteiger charge is 2.13. The van der Waals surface area contributed by atoms with Crippen molar-refractivity contribution in [2.75, 3.05) is 25.1 Å². The maximum Gasteiger partial charge on any atom is 0.193 e. The van der Waals surface area contributed by atoms with Gasteiger partial charge >= 0.3 is 0 Å². The summed E-state index contributed by atoms with van der Waals surface area (Å²) in [6, 6.07) is 15.6. The molecule has 0 saturated heterocycles. The number of aliphatic hydroxyl groups is 1. The number of nitrogens with two attached hydrogens (primary N) is 1. The van der Waals surface area contributed by atoms with E-state index in [-0.39, 0.29) is 36.5 Å². The quantitative estimate of drug-likeness (QED) is 0.279.